The lowest BCUT2D eigenvalue weighted by Crippen LogP contribution is -2.23. The minimum absolute atomic E-state index is 0.145. The van der Waals surface area contributed by atoms with Gasteiger partial charge in [-0.3, -0.25) is 19.3 Å². The molecule has 3 heterocycles. The van der Waals surface area contributed by atoms with E-state index in [2.05, 4.69) is 15.1 Å². The normalized spacial score (nSPS) is 11.4. The molecule has 126 valence electrons. The van der Waals surface area contributed by atoms with Crippen molar-refractivity contribution in [3.05, 3.63) is 74.3 Å². The molecule has 0 saturated carbocycles. The first-order valence-electron chi connectivity index (χ1n) is 8.13. The van der Waals surface area contributed by atoms with Crippen molar-refractivity contribution >= 4 is 16.6 Å². The molecule has 0 amide bonds. The van der Waals surface area contributed by atoms with Crippen molar-refractivity contribution < 1.29 is 0 Å². The minimum Gasteiger partial charge on any atom is -0.294 e. The molecule has 0 spiro atoms. The summed E-state index contributed by atoms with van der Waals surface area (Å²) in [5.41, 5.74) is 3.40. The zero-order chi connectivity index (χ0) is 17.6. The molecule has 4 rings (SSSR count). The second-order valence-corrected chi connectivity index (χ2v) is 6.01. The average Bonchev–Trinajstić information content (AvgIpc) is 2.93. The third kappa shape index (κ3) is 2.44. The Labute approximate surface area is 142 Å². The van der Waals surface area contributed by atoms with Crippen LogP contribution in [-0.4, -0.2) is 24.1 Å². The van der Waals surface area contributed by atoms with Crippen molar-refractivity contribution in [3.8, 4) is 0 Å². The highest BCUT2D eigenvalue weighted by atomic mass is 16.1. The fraction of sp³-hybridized carbons (Fsp3) is 0.222. The quantitative estimate of drug-likeness (QED) is 0.617. The molecule has 7 nitrogen and oxygen atoms in total. The number of nitrogens with one attached hydrogen (secondary N) is 1. The van der Waals surface area contributed by atoms with Gasteiger partial charge >= 0.3 is 0 Å². The lowest BCUT2D eigenvalue weighted by atomic mass is 10.2. The van der Waals surface area contributed by atoms with Gasteiger partial charge in [-0.25, -0.2) is 14.5 Å². The first-order valence-corrected chi connectivity index (χ1v) is 8.13. The van der Waals surface area contributed by atoms with E-state index in [4.69, 9.17) is 0 Å². The number of benzene rings is 1. The Morgan fingerprint density at radius 3 is 2.80 bits per heavy atom. The van der Waals surface area contributed by atoms with Crippen LogP contribution in [0.3, 0.4) is 0 Å². The van der Waals surface area contributed by atoms with Crippen molar-refractivity contribution in [3.63, 3.8) is 0 Å². The van der Waals surface area contributed by atoms with Gasteiger partial charge in [0.1, 0.15) is 0 Å². The van der Waals surface area contributed by atoms with Gasteiger partial charge < -0.3 is 0 Å². The summed E-state index contributed by atoms with van der Waals surface area (Å²) in [7, 11) is 0. The number of para-hydroxylation sites is 1. The van der Waals surface area contributed by atoms with Gasteiger partial charge in [-0.15, -0.1) is 0 Å². The minimum atomic E-state index is -0.190. The molecule has 0 bridgehead atoms. The predicted octanol–water partition coefficient (Wildman–Crippen LogP) is 1.65. The number of aryl methyl sites for hydroxylation is 2. The molecule has 0 aliphatic heterocycles. The van der Waals surface area contributed by atoms with Gasteiger partial charge in [-0.05, 0) is 25.5 Å². The standard InChI is InChI=1S/C18H17N5O2/c1-3-13-11(2)21-23-16(24)8-12(20-17(13)23)9-22-10-19-15-7-5-4-6-14(15)18(22)25/h4-8,10,21H,3,9H2,1-2H3. The average molecular weight is 335 g/mol. The molecule has 0 radical (unpaired) electrons. The molecule has 0 aliphatic rings. The van der Waals surface area contributed by atoms with E-state index in [0.29, 0.717) is 22.2 Å². The smallest absolute Gasteiger partial charge is 0.272 e. The number of aromatic amines is 1. The largest absolute Gasteiger partial charge is 0.294 e. The number of fused-ring (bicyclic) bond motifs is 2. The second-order valence-electron chi connectivity index (χ2n) is 6.01. The van der Waals surface area contributed by atoms with Gasteiger partial charge in [0, 0.05) is 17.3 Å². The van der Waals surface area contributed by atoms with Crippen LogP contribution in [0.4, 0.5) is 0 Å². The Bertz CT molecular complexity index is 1220. The van der Waals surface area contributed by atoms with E-state index < -0.39 is 0 Å². The molecule has 1 N–H and O–H groups in total. The fourth-order valence-electron chi connectivity index (χ4n) is 3.14. The summed E-state index contributed by atoms with van der Waals surface area (Å²) in [6.45, 7) is 4.15. The van der Waals surface area contributed by atoms with Crippen LogP contribution in [0.25, 0.3) is 16.6 Å². The van der Waals surface area contributed by atoms with E-state index in [9.17, 15) is 9.59 Å². The molecule has 0 aliphatic carbocycles. The molecule has 0 fully saturated rings. The van der Waals surface area contributed by atoms with E-state index in [0.717, 1.165) is 17.7 Å². The van der Waals surface area contributed by atoms with Gasteiger partial charge in [0.05, 0.1) is 29.5 Å². The monoisotopic (exact) mass is 335 g/mol. The molecule has 25 heavy (non-hydrogen) atoms. The Hall–Kier alpha value is -3.22. The summed E-state index contributed by atoms with van der Waals surface area (Å²) in [4.78, 5) is 33.9. The maximum absolute atomic E-state index is 12.6. The lowest BCUT2D eigenvalue weighted by Gasteiger charge is -2.06. The maximum atomic E-state index is 12.6. The van der Waals surface area contributed by atoms with Crippen LogP contribution in [0, 0.1) is 6.92 Å². The van der Waals surface area contributed by atoms with Crippen LogP contribution >= 0.6 is 0 Å². The van der Waals surface area contributed by atoms with Gasteiger partial charge in [-0.2, -0.15) is 0 Å². The zero-order valence-corrected chi connectivity index (χ0v) is 14.0. The molecule has 4 aromatic rings. The van der Waals surface area contributed by atoms with Crippen molar-refractivity contribution in [2.24, 2.45) is 0 Å². The van der Waals surface area contributed by atoms with Gasteiger partial charge in [0.15, 0.2) is 5.65 Å². The third-order valence-electron chi connectivity index (χ3n) is 4.39. The number of aromatic nitrogens is 5. The van der Waals surface area contributed by atoms with E-state index >= 15 is 0 Å². The molecule has 0 saturated heterocycles. The Morgan fingerprint density at radius 1 is 1.20 bits per heavy atom. The van der Waals surface area contributed by atoms with Crippen molar-refractivity contribution in [2.75, 3.05) is 0 Å². The lowest BCUT2D eigenvalue weighted by molar-refractivity contribution is 0.723. The zero-order valence-electron chi connectivity index (χ0n) is 14.0. The summed E-state index contributed by atoms with van der Waals surface area (Å²) in [5.74, 6) is 0. The highest BCUT2D eigenvalue weighted by molar-refractivity contribution is 5.76. The molecular weight excluding hydrogens is 318 g/mol. The Kier molecular flexibility index (Phi) is 3.49. The number of nitrogens with zero attached hydrogens (tertiary/aromatic N) is 4. The number of H-pyrrole nitrogens is 1. The van der Waals surface area contributed by atoms with E-state index in [1.807, 2.05) is 26.0 Å². The first kappa shape index (κ1) is 15.3. The van der Waals surface area contributed by atoms with Gasteiger partial charge in [0.2, 0.25) is 0 Å². The van der Waals surface area contributed by atoms with E-state index in [-0.39, 0.29) is 17.7 Å². The van der Waals surface area contributed by atoms with Crippen molar-refractivity contribution in [2.45, 2.75) is 26.8 Å². The summed E-state index contributed by atoms with van der Waals surface area (Å²) in [6.07, 6.45) is 2.27. The summed E-state index contributed by atoms with van der Waals surface area (Å²) < 4.78 is 2.92. The van der Waals surface area contributed by atoms with Crippen LogP contribution in [0.1, 0.15) is 23.9 Å². The molecule has 1 aromatic carbocycles. The predicted molar refractivity (Wildman–Crippen MR) is 95.0 cm³/mol. The van der Waals surface area contributed by atoms with Crippen LogP contribution in [0.5, 0.6) is 0 Å². The van der Waals surface area contributed by atoms with Crippen molar-refractivity contribution in [1.82, 2.24) is 24.1 Å². The summed E-state index contributed by atoms with van der Waals surface area (Å²) in [6, 6.07) is 8.65. The topological polar surface area (TPSA) is 85.0 Å². The molecular formula is C18H17N5O2. The molecule has 0 atom stereocenters. The SMILES string of the molecule is CCc1c(C)[nH]n2c(=O)cc(Cn3cnc4ccccc4c3=O)nc12. The number of hydrogen-bond donors (Lipinski definition) is 1. The number of hydrogen-bond acceptors (Lipinski definition) is 4. The molecule has 0 unspecified atom stereocenters. The maximum Gasteiger partial charge on any atom is 0.272 e. The Balaban J connectivity index is 1.85. The summed E-state index contributed by atoms with van der Waals surface area (Å²) in [5, 5.41) is 3.58. The van der Waals surface area contributed by atoms with Crippen LogP contribution in [-0.2, 0) is 13.0 Å². The summed E-state index contributed by atoms with van der Waals surface area (Å²) >= 11 is 0. The second kappa shape index (κ2) is 5.70. The first-order chi connectivity index (χ1) is 12.1. The van der Waals surface area contributed by atoms with E-state index in [1.54, 1.807) is 12.1 Å². The number of rotatable bonds is 3. The van der Waals surface area contributed by atoms with E-state index in [1.165, 1.54) is 21.5 Å². The highest BCUT2D eigenvalue weighted by Gasteiger charge is 2.12. The van der Waals surface area contributed by atoms with Crippen molar-refractivity contribution in [1.29, 1.82) is 0 Å². The third-order valence-corrected chi connectivity index (χ3v) is 4.39. The fourth-order valence-corrected chi connectivity index (χ4v) is 3.14. The van der Waals surface area contributed by atoms with Crippen LogP contribution < -0.4 is 11.1 Å². The Morgan fingerprint density at radius 2 is 2.00 bits per heavy atom. The van der Waals surface area contributed by atoms with Gasteiger partial charge in [0.25, 0.3) is 11.1 Å². The van der Waals surface area contributed by atoms with Crippen LogP contribution in [0.2, 0.25) is 0 Å². The molecule has 3 aromatic heterocycles. The van der Waals surface area contributed by atoms with Crippen LogP contribution in [0.15, 0.2) is 46.2 Å². The van der Waals surface area contributed by atoms with Gasteiger partial charge in [-0.1, -0.05) is 19.1 Å². The molecule has 7 heteroatoms. The highest BCUT2D eigenvalue weighted by Crippen LogP contribution is 2.13.